The molecule has 0 aliphatic carbocycles. The lowest BCUT2D eigenvalue weighted by molar-refractivity contribution is -0.154. The summed E-state index contributed by atoms with van der Waals surface area (Å²) in [5, 5.41) is 12.2. The second-order valence-corrected chi connectivity index (χ2v) is 5.17. The number of pyridine rings is 1. The van der Waals surface area contributed by atoms with Gasteiger partial charge < -0.3 is 19.9 Å². The van der Waals surface area contributed by atoms with Crippen molar-refractivity contribution in [2.24, 2.45) is 5.41 Å². The van der Waals surface area contributed by atoms with E-state index in [9.17, 15) is 14.7 Å². The number of hydrogen-bond acceptors (Lipinski definition) is 5. The third kappa shape index (κ3) is 3.54. The topological polar surface area (TPSA) is 97.8 Å². The molecule has 22 heavy (non-hydrogen) atoms. The van der Waals surface area contributed by atoms with Crippen molar-refractivity contribution >= 4 is 11.9 Å². The molecule has 0 radical (unpaired) electrons. The molecule has 7 nitrogen and oxygen atoms in total. The molecule has 1 aliphatic heterocycles. The second-order valence-electron chi connectivity index (χ2n) is 5.17. The number of hydrogen-bond donors (Lipinski definition) is 2. The van der Waals surface area contributed by atoms with Crippen LogP contribution in [-0.2, 0) is 9.53 Å². The monoisotopic (exact) mass is 308 g/mol. The van der Waals surface area contributed by atoms with Gasteiger partial charge in [0.15, 0.2) is 0 Å². The molecule has 2 rings (SSSR count). The van der Waals surface area contributed by atoms with Gasteiger partial charge in [0.2, 0.25) is 5.88 Å². The van der Waals surface area contributed by atoms with Crippen molar-refractivity contribution in [3.05, 3.63) is 23.9 Å². The molecule has 0 saturated carbocycles. The summed E-state index contributed by atoms with van der Waals surface area (Å²) in [5.41, 5.74) is -0.668. The molecule has 0 spiro atoms. The van der Waals surface area contributed by atoms with Crippen molar-refractivity contribution in [3.8, 4) is 5.88 Å². The molecule has 1 aliphatic rings. The lowest BCUT2D eigenvalue weighted by Gasteiger charge is -2.33. The van der Waals surface area contributed by atoms with Crippen molar-refractivity contribution in [2.75, 3.05) is 26.4 Å². The van der Waals surface area contributed by atoms with Gasteiger partial charge in [0.05, 0.1) is 12.0 Å². The molecule has 0 unspecified atom stereocenters. The molecule has 1 aromatic rings. The maximum atomic E-state index is 12.3. The Morgan fingerprint density at radius 3 is 2.82 bits per heavy atom. The molecule has 0 aromatic carbocycles. The maximum Gasteiger partial charge on any atom is 0.311 e. The standard InChI is InChI=1S/C15H20N2O5/c1-2-22-13-11(4-3-7-16-13)12(18)17-10-15(14(19)20)5-8-21-9-6-15/h3-4,7H,2,5-6,8-10H2,1H3,(H,17,18)(H,19,20). The van der Waals surface area contributed by atoms with Crippen molar-refractivity contribution in [1.29, 1.82) is 0 Å². The summed E-state index contributed by atoms with van der Waals surface area (Å²) >= 11 is 0. The van der Waals surface area contributed by atoms with E-state index < -0.39 is 11.4 Å². The van der Waals surface area contributed by atoms with E-state index in [2.05, 4.69) is 10.3 Å². The number of carboxylic acid groups (broad SMARTS) is 1. The van der Waals surface area contributed by atoms with Crippen LogP contribution in [0.5, 0.6) is 5.88 Å². The van der Waals surface area contributed by atoms with Gasteiger partial charge in [-0.25, -0.2) is 4.98 Å². The number of ether oxygens (including phenoxy) is 2. The summed E-state index contributed by atoms with van der Waals surface area (Å²) in [7, 11) is 0. The zero-order chi connectivity index (χ0) is 16.0. The van der Waals surface area contributed by atoms with Crippen LogP contribution in [0.25, 0.3) is 0 Å². The minimum absolute atomic E-state index is 0.0605. The molecule has 1 amide bonds. The van der Waals surface area contributed by atoms with E-state index in [0.717, 1.165) is 0 Å². The van der Waals surface area contributed by atoms with Gasteiger partial charge in [-0.05, 0) is 31.9 Å². The number of amides is 1. The summed E-state index contributed by atoms with van der Waals surface area (Å²) in [6.45, 7) is 3.04. The average Bonchev–Trinajstić information content (AvgIpc) is 2.54. The number of carboxylic acids is 1. The highest BCUT2D eigenvalue weighted by atomic mass is 16.5. The quantitative estimate of drug-likeness (QED) is 0.816. The molecule has 120 valence electrons. The molecule has 0 atom stereocenters. The Morgan fingerprint density at radius 1 is 1.45 bits per heavy atom. The molecule has 2 heterocycles. The third-order valence-electron chi connectivity index (χ3n) is 3.79. The van der Waals surface area contributed by atoms with Gasteiger partial charge in [-0.3, -0.25) is 9.59 Å². The van der Waals surface area contributed by atoms with Crippen LogP contribution in [0.3, 0.4) is 0 Å². The van der Waals surface area contributed by atoms with Gasteiger partial charge in [0.1, 0.15) is 5.56 Å². The first-order chi connectivity index (χ1) is 10.6. The number of nitrogens with zero attached hydrogens (tertiary/aromatic N) is 1. The van der Waals surface area contributed by atoms with Crippen LogP contribution in [0.15, 0.2) is 18.3 Å². The first-order valence-corrected chi connectivity index (χ1v) is 7.26. The molecule has 0 bridgehead atoms. The first-order valence-electron chi connectivity index (χ1n) is 7.26. The fraction of sp³-hybridized carbons (Fsp3) is 0.533. The Bertz CT molecular complexity index is 540. The van der Waals surface area contributed by atoms with Crippen LogP contribution in [-0.4, -0.2) is 48.3 Å². The number of aromatic nitrogens is 1. The Balaban J connectivity index is 2.07. The number of carbonyl (C=O) groups excluding carboxylic acids is 1. The number of carbonyl (C=O) groups is 2. The molecular weight excluding hydrogens is 288 g/mol. The van der Waals surface area contributed by atoms with E-state index >= 15 is 0 Å². The van der Waals surface area contributed by atoms with Crippen LogP contribution in [0.1, 0.15) is 30.1 Å². The van der Waals surface area contributed by atoms with Crippen molar-refractivity contribution in [1.82, 2.24) is 10.3 Å². The molecule has 1 fully saturated rings. The highest BCUT2D eigenvalue weighted by Gasteiger charge is 2.40. The summed E-state index contributed by atoms with van der Waals surface area (Å²) in [4.78, 5) is 27.9. The Kier molecular flexibility index (Phi) is 5.32. The average molecular weight is 308 g/mol. The highest BCUT2D eigenvalue weighted by Crippen LogP contribution is 2.30. The largest absolute Gasteiger partial charge is 0.481 e. The summed E-state index contributed by atoms with van der Waals surface area (Å²) in [6, 6.07) is 3.24. The van der Waals surface area contributed by atoms with Gasteiger partial charge in [0.25, 0.3) is 5.91 Å². The molecular formula is C15H20N2O5. The lowest BCUT2D eigenvalue weighted by Crippen LogP contribution is -2.46. The maximum absolute atomic E-state index is 12.3. The Hall–Kier alpha value is -2.15. The highest BCUT2D eigenvalue weighted by molar-refractivity contribution is 5.96. The van der Waals surface area contributed by atoms with E-state index in [4.69, 9.17) is 9.47 Å². The Morgan fingerprint density at radius 2 is 2.18 bits per heavy atom. The minimum Gasteiger partial charge on any atom is -0.481 e. The number of aliphatic carboxylic acids is 1. The van der Waals surface area contributed by atoms with Gasteiger partial charge in [-0.2, -0.15) is 0 Å². The second kappa shape index (κ2) is 7.22. The number of nitrogens with one attached hydrogen (secondary N) is 1. The lowest BCUT2D eigenvalue weighted by atomic mass is 9.80. The van der Waals surface area contributed by atoms with Gasteiger partial charge >= 0.3 is 5.97 Å². The van der Waals surface area contributed by atoms with Crippen LogP contribution in [0.2, 0.25) is 0 Å². The van der Waals surface area contributed by atoms with E-state index in [1.165, 1.54) is 0 Å². The van der Waals surface area contributed by atoms with Crippen molar-refractivity contribution < 1.29 is 24.2 Å². The summed E-state index contributed by atoms with van der Waals surface area (Å²) in [6.07, 6.45) is 2.31. The van der Waals surface area contributed by atoms with E-state index in [-0.39, 0.29) is 18.3 Å². The minimum atomic E-state index is -0.970. The zero-order valence-corrected chi connectivity index (χ0v) is 12.5. The van der Waals surface area contributed by atoms with Gasteiger partial charge in [-0.15, -0.1) is 0 Å². The molecule has 1 aromatic heterocycles. The van der Waals surface area contributed by atoms with E-state index in [0.29, 0.717) is 38.2 Å². The molecule has 2 N–H and O–H groups in total. The van der Waals surface area contributed by atoms with Crippen LogP contribution >= 0.6 is 0 Å². The molecule has 1 saturated heterocycles. The van der Waals surface area contributed by atoms with Gasteiger partial charge in [-0.1, -0.05) is 0 Å². The summed E-state index contributed by atoms with van der Waals surface area (Å²) < 4.78 is 10.5. The van der Waals surface area contributed by atoms with E-state index in [1.807, 2.05) is 0 Å². The SMILES string of the molecule is CCOc1ncccc1C(=O)NCC1(C(=O)O)CCOCC1. The van der Waals surface area contributed by atoms with Crippen LogP contribution in [0, 0.1) is 5.41 Å². The normalized spacial score (nSPS) is 16.8. The summed E-state index contributed by atoms with van der Waals surface area (Å²) in [5.74, 6) is -1.05. The first kappa shape index (κ1) is 16.2. The predicted molar refractivity (Wildman–Crippen MR) is 77.9 cm³/mol. The third-order valence-corrected chi connectivity index (χ3v) is 3.79. The van der Waals surface area contributed by atoms with Crippen LogP contribution in [0.4, 0.5) is 0 Å². The Labute approximate surface area is 128 Å². The van der Waals surface area contributed by atoms with Gasteiger partial charge in [0, 0.05) is 26.0 Å². The van der Waals surface area contributed by atoms with Crippen molar-refractivity contribution in [2.45, 2.75) is 19.8 Å². The number of rotatable bonds is 6. The smallest absolute Gasteiger partial charge is 0.311 e. The fourth-order valence-corrected chi connectivity index (χ4v) is 2.39. The van der Waals surface area contributed by atoms with Crippen LogP contribution < -0.4 is 10.1 Å². The van der Waals surface area contributed by atoms with Crippen molar-refractivity contribution in [3.63, 3.8) is 0 Å². The van der Waals surface area contributed by atoms with E-state index in [1.54, 1.807) is 25.3 Å². The molecule has 7 heteroatoms. The predicted octanol–water partition coefficient (Wildman–Crippen LogP) is 1.09. The zero-order valence-electron chi connectivity index (χ0n) is 12.5. The fourth-order valence-electron chi connectivity index (χ4n) is 2.39.